The largest absolute Gasteiger partial charge is 0.247 e. The summed E-state index contributed by atoms with van der Waals surface area (Å²) in [7, 11) is 0. The van der Waals surface area contributed by atoms with Gasteiger partial charge in [0.05, 0.1) is 11.6 Å². The lowest BCUT2D eigenvalue weighted by atomic mass is 10.1. The van der Waals surface area contributed by atoms with Crippen LogP contribution in [0.1, 0.15) is 12.0 Å². The molecule has 2 heterocycles. The van der Waals surface area contributed by atoms with Crippen molar-refractivity contribution >= 4 is 22.6 Å². The van der Waals surface area contributed by atoms with Crippen LogP contribution in [0, 0.1) is 0 Å². The van der Waals surface area contributed by atoms with Crippen molar-refractivity contribution in [3.05, 3.63) is 53.6 Å². The van der Waals surface area contributed by atoms with E-state index in [1.807, 2.05) is 10.7 Å². The van der Waals surface area contributed by atoms with Gasteiger partial charge < -0.3 is 0 Å². The van der Waals surface area contributed by atoms with Crippen molar-refractivity contribution in [1.82, 2.24) is 19.7 Å². The molecule has 0 aliphatic heterocycles. The highest BCUT2D eigenvalue weighted by Crippen LogP contribution is 2.18. The fourth-order valence-corrected chi connectivity index (χ4v) is 2.28. The summed E-state index contributed by atoms with van der Waals surface area (Å²) in [5.74, 6) is 0. The van der Waals surface area contributed by atoms with Gasteiger partial charge in [0.1, 0.15) is 11.5 Å². The number of aryl methyl sites for hydroxylation is 2. The van der Waals surface area contributed by atoms with E-state index in [1.54, 1.807) is 6.20 Å². The molecule has 96 valence electrons. The topological polar surface area (TPSA) is 43.6 Å². The van der Waals surface area contributed by atoms with E-state index in [1.165, 1.54) is 11.9 Å². The summed E-state index contributed by atoms with van der Waals surface area (Å²) in [6.07, 6.45) is 5.24. The van der Waals surface area contributed by atoms with Crippen LogP contribution < -0.4 is 0 Å². The van der Waals surface area contributed by atoms with Crippen LogP contribution in [0.4, 0.5) is 0 Å². The van der Waals surface area contributed by atoms with E-state index in [-0.39, 0.29) is 0 Å². The van der Waals surface area contributed by atoms with Crippen molar-refractivity contribution < 1.29 is 0 Å². The molecule has 0 amide bonds. The van der Waals surface area contributed by atoms with Gasteiger partial charge in [-0.1, -0.05) is 41.9 Å². The average molecular weight is 273 g/mol. The van der Waals surface area contributed by atoms with Gasteiger partial charge in [-0.15, -0.1) is 0 Å². The molecule has 0 radical (unpaired) electrons. The predicted octanol–water partition coefficient (Wildman–Crippen LogP) is 3.11. The minimum Gasteiger partial charge on any atom is -0.247 e. The molecule has 0 spiro atoms. The summed E-state index contributed by atoms with van der Waals surface area (Å²) in [4.78, 5) is 8.18. The van der Waals surface area contributed by atoms with Crippen LogP contribution in [0.3, 0.4) is 0 Å². The smallest absolute Gasteiger partial charge is 0.162 e. The highest BCUT2D eigenvalue weighted by atomic mass is 35.5. The first-order valence-electron chi connectivity index (χ1n) is 6.20. The molecule has 0 saturated heterocycles. The summed E-state index contributed by atoms with van der Waals surface area (Å²) >= 11 is 6.00. The fourth-order valence-electron chi connectivity index (χ4n) is 2.11. The van der Waals surface area contributed by atoms with Gasteiger partial charge in [0.2, 0.25) is 0 Å². The molecule has 3 rings (SSSR count). The third-order valence-corrected chi connectivity index (χ3v) is 3.36. The van der Waals surface area contributed by atoms with Crippen molar-refractivity contribution in [2.75, 3.05) is 0 Å². The molecular formula is C14H13ClN4. The fraction of sp³-hybridized carbons (Fsp3) is 0.214. The van der Waals surface area contributed by atoms with E-state index in [2.05, 4.69) is 39.3 Å². The van der Waals surface area contributed by atoms with E-state index in [0.717, 1.165) is 30.4 Å². The third kappa shape index (κ3) is 2.58. The zero-order valence-electron chi connectivity index (χ0n) is 10.3. The van der Waals surface area contributed by atoms with Crippen LogP contribution in [-0.2, 0) is 13.0 Å². The molecule has 0 aliphatic rings. The molecule has 0 fully saturated rings. The van der Waals surface area contributed by atoms with Gasteiger partial charge in [-0.3, -0.25) is 0 Å². The standard InChI is InChI=1S/C14H13ClN4/c15-13-12-9-18-19(14(12)17-10-16-13)8-4-7-11-5-2-1-3-6-11/h1-3,5-6,9-10H,4,7-8H2. The Balaban J connectivity index is 1.71. The van der Waals surface area contributed by atoms with Crippen molar-refractivity contribution in [2.45, 2.75) is 19.4 Å². The van der Waals surface area contributed by atoms with Crippen molar-refractivity contribution in [1.29, 1.82) is 0 Å². The quantitative estimate of drug-likeness (QED) is 0.686. The zero-order valence-corrected chi connectivity index (χ0v) is 11.1. The van der Waals surface area contributed by atoms with Crippen molar-refractivity contribution in [3.63, 3.8) is 0 Å². The molecule has 19 heavy (non-hydrogen) atoms. The second-order valence-electron chi connectivity index (χ2n) is 4.36. The molecule has 0 unspecified atom stereocenters. The second-order valence-corrected chi connectivity index (χ2v) is 4.72. The first-order valence-corrected chi connectivity index (χ1v) is 6.58. The van der Waals surface area contributed by atoms with E-state index in [0.29, 0.717) is 5.15 Å². The summed E-state index contributed by atoms with van der Waals surface area (Å²) in [5, 5.41) is 5.58. The lowest BCUT2D eigenvalue weighted by Crippen LogP contribution is -2.02. The monoisotopic (exact) mass is 272 g/mol. The highest BCUT2D eigenvalue weighted by Gasteiger charge is 2.07. The van der Waals surface area contributed by atoms with Crippen LogP contribution in [0.15, 0.2) is 42.9 Å². The minimum atomic E-state index is 0.458. The van der Waals surface area contributed by atoms with E-state index in [9.17, 15) is 0 Å². The van der Waals surface area contributed by atoms with E-state index < -0.39 is 0 Å². The molecule has 4 nitrogen and oxygen atoms in total. The number of rotatable bonds is 4. The molecule has 2 aromatic heterocycles. The minimum absolute atomic E-state index is 0.458. The first kappa shape index (κ1) is 12.1. The number of halogens is 1. The molecule has 0 saturated carbocycles. The molecular weight excluding hydrogens is 260 g/mol. The van der Waals surface area contributed by atoms with Crippen LogP contribution in [0.2, 0.25) is 5.15 Å². The van der Waals surface area contributed by atoms with E-state index >= 15 is 0 Å². The number of hydrogen-bond donors (Lipinski definition) is 0. The van der Waals surface area contributed by atoms with Gasteiger partial charge in [0, 0.05) is 6.54 Å². The SMILES string of the molecule is Clc1ncnc2c1cnn2CCCc1ccccc1. The maximum atomic E-state index is 6.00. The predicted molar refractivity (Wildman–Crippen MR) is 75.1 cm³/mol. The van der Waals surface area contributed by atoms with Crippen molar-refractivity contribution in [3.8, 4) is 0 Å². The average Bonchev–Trinajstić information content (AvgIpc) is 2.85. The number of nitrogens with zero attached hydrogens (tertiary/aromatic N) is 4. The zero-order chi connectivity index (χ0) is 13.1. The van der Waals surface area contributed by atoms with Crippen LogP contribution in [0.25, 0.3) is 11.0 Å². The molecule has 1 aromatic carbocycles. The Morgan fingerprint density at radius 1 is 1.11 bits per heavy atom. The Morgan fingerprint density at radius 2 is 1.95 bits per heavy atom. The molecule has 5 heteroatoms. The highest BCUT2D eigenvalue weighted by molar-refractivity contribution is 6.33. The lowest BCUT2D eigenvalue weighted by molar-refractivity contribution is 0.591. The van der Waals surface area contributed by atoms with Gasteiger partial charge in [-0.2, -0.15) is 5.10 Å². The molecule has 0 atom stereocenters. The number of hydrogen-bond acceptors (Lipinski definition) is 3. The maximum Gasteiger partial charge on any atom is 0.162 e. The van der Waals surface area contributed by atoms with Crippen LogP contribution >= 0.6 is 11.6 Å². The normalized spacial score (nSPS) is 11.0. The number of fused-ring (bicyclic) bond motifs is 1. The Morgan fingerprint density at radius 3 is 2.79 bits per heavy atom. The summed E-state index contributed by atoms with van der Waals surface area (Å²) in [6.45, 7) is 0.825. The second kappa shape index (κ2) is 5.36. The number of aromatic nitrogens is 4. The van der Waals surface area contributed by atoms with Gasteiger partial charge >= 0.3 is 0 Å². The summed E-state index contributed by atoms with van der Waals surface area (Å²) in [6, 6.07) is 10.4. The Kier molecular flexibility index (Phi) is 3.42. The third-order valence-electron chi connectivity index (χ3n) is 3.06. The molecule has 0 aliphatic carbocycles. The van der Waals surface area contributed by atoms with Crippen LogP contribution in [0.5, 0.6) is 0 Å². The maximum absolute atomic E-state index is 6.00. The van der Waals surface area contributed by atoms with Gasteiger partial charge in [0.15, 0.2) is 5.65 Å². The molecule has 3 aromatic rings. The van der Waals surface area contributed by atoms with E-state index in [4.69, 9.17) is 11.6 Å². The van der Waals surface area contributed by atoms with Gasteiger partial charge in [-0.25, -0.2) is 14.6 Å². The summed E-state index contributed by atoms with van der Waals surface area (Å²) < 4.78 is 1.88. The first-order chi connectivity index (χ1) is 9.34. The van der Waals surface area contributed by atoms with Crippen LogP contribution in [-0.4, -0.2) is 19.7 Å². The van der Waals surface area contributed by atoms with Gasteiger partial charge in [0.25, 0.3) is 0 Å². The number of benzene rings is 1. The Hall–Kier alpha value is -1.94. The summed E-state index contributed by atoms with van der Waals surface area (Å²) in [5.41, 5.74) is 2.14. The Labute approximate surface area is 116 Å². The molecule has 0 bridgehead atoms. The van der Waals surface area contributed by atoms with Crippen molar-refractivity contribution in [2.24, 2.45) is 0 Å². The van der Waals surface area contributed by atoms with Gasteiger partial charge in [-0.05, 0) is 18.4 Å². The Bertz CT molecular complexity index is 678. The molecule has 0 N–H and O–H groups in total. The lowest BCUT2D eigenvalue weighted by Gasteiger charge is -2.03.